The number of aromatic nitrogens is 3. The second kappa shape index (κ2) is 6.36. The summed E-state index contributed by atoms with van der Waals surface area (Å²) in [5.41, 5.74) is 1.78. The average molecular weight is 366 g/mol. The molecule has 5 rings (SSSR count). The molecule has 1 saturated carbocycles. The van der Waals surface area contributed by atoms with Gasteiger partial charge < -0.3 is 9.47 Å². The summed E-state index contributed by atoms with van der Waals surface area (Å²) >= 11 is 1.79. The molecule has 26 heavy (non-hydrogen) atoms. The van der Waals surface area contributed by atoms with Crippen molar-refractivity contribution in [1.29, 1.82) is 5.26 Å². The van der Waals surface area contributed by atoms with Gasteiger partial charge in [-0.1, -0.05) is 19.3 Å². The molecule has 2 atom stereocenters. The minimum absolute atomic E-state index is 0.244. The standard InChI is InChI=1S/C19H18N4O2S/c20-9-14-13-4-2-1-3-5-17(13)26-19(14)23-18(21-10-22-23)12-6-7-15-16(8-12)25-11-24-15/h6-8,10,13,17H,1-5,11H2/t13-,17+/m0/s1. The number of hydrogen-bond acceptors (Lipinski definition) is 6. The Morgan fingerprint density at radius 2 is 2.04 bits per heavy atom. The molecular weight excluding hydrogens is 348 g/mol. The predicted molar refractivity (Wildman–Crippen MR) is 98.4 cm³/mol. The van der Waals surface area contributed by atoms with Crippen LogP contribution in [0.2, 0.25) is 0 Å². The van der Waals surface area contributed by atoms with Gasteiger partial charge in [0.2, 0.25) is 6.79 Å². The number of nitrogens with zero attached hydrogens (tertiary/aromatic N) is 4. The molecule has 0 spiro atoms. The van der Waals surface area contributed by atoms with E-state index >= 15 is 0 Å². The van der Waals surface area contributed by atoms with Crippen molar-refractivity contribution in [3.63, 3.8) is 0 Å². The second-order valence-electron chi connectivity index (χ2n) is 6.79. The first-order valence-corrected chi connectivity index (χ1v) is 9.84. The number of hydrogen-bond donors (Lipinski definition) is 0. The summed E-state index contributed by atoms with van der Waals surface area (Å²) in [6.07, 6.45) is 7.53. The highest BCUT2D eigenvalue weighted by Gasteiger charge is 2.38. The zero-order valence-electron chi connectivity index (χ0n) is 14.2. The van der Waals surface area contributed by atoms with E-state index in [4.69, 9.17) is 9.47 Å². The topological polar surface area (TPSA) is 73.0 Å². The monoisotopic (exact) mass is 366 g/mol. The first-order valence-electron chi connectivity index (χ1n) is 8.96. The highest BCUT2D eigenvalue weighted by molar-refractivity contribution is 8.08. The van der Waals surface area contributed by atoms with Crippen molar-refractivity contribution in [3.8, 4) is 29.0 Å². The van der Waals surface area contributed by atoms with Crippen LogP contribution in [-0.2, 0) is 0 Å². The van der Waals surface area contributed by atoms with Gasteiger partial charge in [-0.3, -0.25) is 0 Å². The maximum atomic E-state index is 9.84. The summed E-state index contributed by atoms with van der Waals surface area (Å²) < 4.78 is 12.7. The fourth-order valence-corrected chi connectivity index (χ4v) is 5.59. The van der Waals surface area contributed by atoms with E-state index in [0.29, 0.717) is 11.2 Å². The number of ether oxygens (including phenoxy) is 2. The molecule has 3 heterocycles. The molecule has 2 aliphatic heterocycles. The Hall–Kier alpha value is -2.46. The quantitative estimate of drug-likeness (QED) is 0.798. The van der Waals surface area contributed by atoms with Crippen LogP contribution in [0.5, 0.6) is 11.5 Å². The van der Waals surface area contributed by atoms with E-state index in [1.54, 1.807) is 18.1 Å². The maximum Gasteiger partial charge on any atom is 0.231 e. The third-order valence-electron chi connectivity index (χ3n) is 5.31. The van der Waals surface area contributed by atoms with Crippen molar-refractivity contribution in [2.45, 2.75) is 37.4 Å². The Bertz CT molecular complexity index is 930. The molecule has 1 aromatic carbocycles. The van der Waals surface area contributed by atoms with Gasteiger partial charge in [0.05, 0.1) is 11.6 Å². The van der Waals surface area contributed by atoms with Crippen LogP contribution in [0.3, 0.4) is 0 Å². The summed E-state index contributed by atoms with van der Waals surface area (Å²) in [6.45, 7) is 0.244. The van der Waals surface area contributed by atoms with Crippen molar-refractivity contribution in [3.05, 3.63) is 30.1 Å². The summed E-state index contributed by atoms with van der Waals surface area (Å²) in [5.74, 6) is 2.54. The zero-order valence-corrected chi connectivity index (χ0v) is 15.0. The number of thioether (sulfide) groups is 1. The molecule has 0 radical (unpaired) electrons. The van der Waals surface area contributed by atoms with Gasteiger partial charge in [0.1, 0.15) is 11.4 Å². The van der Waals surface area contributed by atoms with Gasteiger partial charge >= 0.3 is 0 Å². The Labute approximate surface area is 155 Å². The Morgan fingerprint density at radius 1 is 1.15 bits per heavy atom. The molecule has 3 aliphatic rings. The minimum Gasteiger partial charge on any atom is -0.454 e. The number of fused-ring (bicyclic) bond motifs is 2. The van der Waals surface area contributed by atoms with Crippen LogP contribution in [-0.4, -0.2) is 26.8 Å². The van der Waals surface area contributed by atoms with Gasteiger partial charge in [-0.25, -0.2) is 9.67 Å². The smallest absolute Gasteiger partial charge is 0.231 e. The largest absolute Gasteiger partial charge is 0.454 e. The molecule has 1 aromatic heterocycles. The summed E-state index contributed by atoms with van der Waals surface area (Å²) in [5, 5.41) is 15.7. The van der Waals surface area contributed by atoms with E-state index in [2.05, 4.69) is 16.2 Å². The van der Waals surface area contributed by atoms with E-state index in [1.807, 2.05) is 22.9 Å². The van der Waals surface area contributed by atoms with E-state index in [0.717, 1.165) is 46.3 Å². The van der Waals surface area contributed by atoms with Gasteiger partial charge in [-0.2, -0.15) is 10.4 Å². The van der Waals surface area contributed by atoms with Crippen molar-refractivity contribution in [1.82, 2.24) is 14.8 Å². The molecule has 0 unspecified atom stereocenters. The first kappa shape index (κ1) is 15.8. The fraction of sp³-hybridized carbons (Fsp3) is 0.421. The molecule has 7 heteroatoms. The lowest BCUT2D eigenvalue weighted by molar-refractivity contribution is 0.174. The number of nitriles is 1. The molecule has 0 bridgehead atoms. The minimum atomic E-state index is 0.244. The van der Waals surface area contributed by atoms with Crippen LogP contribution in [0, 0.1) is 17.2 Å². The Balaban J connectivity index is 1.56. The van der Waals surface area contributed by atoms with Gasteiger partial charge in [-0.05, 0) is 31.0 Å². The third kappa shape index (κ3) is 2.48. The van der Waals surface area contributed by atoms with Crippen molar-refractivity contribution in [2.24, 2.45) is 5.92 Å². The third-order valence-corrected chi connectivity index (χ3v) is 6.79. The lowest BCUT2D eigenvalue weighted by Crippen LogP contribution is -2.12. The molecule has 6 nitrogen and oxygen atoms in total. The number of rotatable bonds is 2. The Morgan fingerprint density at radius 3 is 2.96 bits per heavy atom. The van der Waals surface area contributed by atoms with Crippen molar-refractivity contribution in [2.75, 3.05) is 6.79 Å². The second-order valence-corrected chi connectivity index (χ2v) is 8.02. The lowest BCUT2D eigenvalue weighted by atomic mass is 9.93. The van der Waals surface area contributed by atoms with Crippen LogP contribution in [0.15, 0.2) is 30.1 Å². The highest BCUT2D eigenvalue weighted by atomic mass is 32.2. The molecule has 1 fully saturated rings. The number of benzene rings is 1. The first-order chi connectivity index (χ1) is 12.8. The van der Waals surface area contributed by atoms with Crippen LogP contribution in [0.25, 0.3) is 16.4 Å². The molecule has 0 N–H and O–H groups in total. The molecule has 132 valence electrons. The van der Waals surface area contributed by atoms with Crippen LogP contribution in [0.4, 0.5) is 0 Å². The highest BCUT2D eigenvalue weighted by Crippen LogP contribution is 2.50. The SMILES string of the molecule is N#CC1=C(n2ncnc2-c2ccc3c(c2)OCO3)S[C@@H]2CCCCC[C@@H]12. The normalized spacial score (nSPS) is 24.3. The van der Waals surface area contributed by atoms with Gasteiger partial charge in [-0.15, -0.1) is 11.8 Å². The predicted octanol–water partition coefficient (Wildman–Crippen LogP) is 4.06. The van der Waals surface area contributed by atoms with Gasteiger partial charge in [0.25, 0.3) is 0 Å². The Kier molecular flexibility index (Phi) is 3.86. The average Bonchev–Trinajstić information content (AvgIpc) is 3.35. The molecule has 1 aliphatic carbocycles. The number of allylic oxidation sites excluding steroid dienone is 1. The summed E-state index contributed by atoms with van der Waals surface area (Å²) in [4.78, 5) is 4.46. The zero-order chi connectivity index (χ0) is 17.5. The molecule has 2 aromatic rings. The summed E-state index contributed by atoms with van der Waals surface area (Å²) in [6, 6.07) is 8.25. The van der Waals surface area contributed by atoms with E-state index in [9.17, 15) is 5.26 Å². The van der Waals surface area contributed by atoms with Crippen LogP contribution >= 0.6 is 11.8 Å². The molecule has 0 amide bonds. The van der Waals surface area contributed by atoms with E-state index < -0.39 is 0 Å². The lowest BCUT2D eigenvalue weighted by Gasteiger charge is -2.14. The van der Waals surface area contributed by atoms with Crippen molar-refractivity contribution >= 4 is 16.8 Å². The summed E-state index contributed by atoms with van der Waals surface area (Å²) in [7, 11) is 0. The van der Waals surface area contributed by atoms with Crippen LogP contribution in [0.1, 0.15) is 32.1 Å². The van der Waals surface area contributed by atoms with E-state index in [1.165, 1.54) is 19.3 Å². The van der Waals surface area contributed by atoms with Gasteiger partial charge in [0.15, 0.2) is 17.3 Å². The van der Waals surface area contributed by atoms with E-state index in [-0.39, 0.29) is 6.79 Å². The fourth-order valence-electron chi connectivity index (χ4n) is 4.03. The van der Waals surface area contributed by atoms with Crippen LogP contribution < -0.4 is 9.47 Å². The molecule has 0 saturated heterocycles. The van der Waals surface area contributed by atoms with Crippen molar-refractivity contribution < 1.29 is 9.47 Å². The molecular formula is C19H18N4O2S. The maximum absolute atomic E-state index is 9.84. The van der Waals surface area contributed by atoms with Gasteiger partial charge in [0, 0.05) is 16.7 Å².